The molecule has 0 aromatic rings. The van der Waals surface area contributed by atoms with Crippen LogP contribution in [0.3, 0.4) is 0 Å². The maximum atomic E-state index is 11.9. The first-order chi connectivity index (χ1) is 9.11. The van der Waals surface area contributed by atoms with E-state index in [0.717, 1.165) is 4.90 Å². The molecule has 1 aliphatic heterocycles. The fraction of sp³-hybridized carbons (Fsp3) is 0.750. The third kappa shape index (κ3) is 4.37. The predicted molar refractivity (Wildman–Crippen MR) is 68.0 cm³/mol. The molecule has 0 bridgehead atoms. The summed E-state index contributed by atoms with van der Waals surface area (Å²) in [6.45, 7) is 4.83. The van der Waals surface area contributed by atoms with Crippen LogP contribution in [0.1, 0.15) is 27.2 Å². The zero-order valence-corrected chi connectivity index (χ0v) is 11.8. The molecule has 1 fully saturated rings. The number of rotatable bonds is 3. The molecule has 0 saturated carbocycles. The molecule has 1 rings (SSSR count). The number of hydrogen-bond donors (Lipinski definition) is 3. The summed E-state index contributed by atoms with van der Waals surface area (Å²) in [5.41, 5.74) is -0.680. The summed E-state index contributed by atoms with van der Waals surface area (Å²) in [4.78, 5) is 35.3. The number of likely N-dealkylation sites (tertiary alicyclic amines) is 1. The molecule has 1 aliphatic rings. The largest absolute Gasteiger partial charge is 0.480 e. The first-order valence-corrected chi connectivity index (χ1v) is 6.29. The molecule has 0 spiro atoms. The van der Waals surface area contributed by atoms with Crippen LogP contribution in [-0.4, -0.2) is 63.9 Å². The minimum absolute atomic E-state index is 0.146. The van der Waals surface area contributed by atoms with Crippen LogP contribution in [0.5, 0.6) is 0 Å². The molecule has 3 N–H and O–H groups in total. The van der Waals surface area contributed by atoms with Crippen LogP contribution in [0.2, 0.25) is 0 Å². The molecular weight excluding hydrogens is 268 g/mol. The smallest absolute Gasteiger partial charge is 0.408 e. The first-order valence-electron chi connectivity index (χ1n) is 6.29. The minimum atomic E-state index is -1.26. The molecule has 114 valence electrons. The molecule has 1 heterocycles. The van der Waals surface area contributed by atoms with Crippen LogP contribution >= 0.6 is 0 Å². The van der Waals surface area contributed by atoms with Crippen molar-refractivity contribution in [3.8, 4) is 0 Å². The fourth-order valence-corrected chi connectivity index (χ4v) is 1.92. The Kier molecular flexibility index (Phi) is 4.93. The second kappa shape index (κ2) is 6.08. The van der Waals surface area contributed by atoms with Crippen molar-refractivity contribution in [1.82, 2.24) is 10.2 Å². The van der Waals surface area contributed by atoms with Gasteiger partial charge in [-0.1, -0.05) is 0 Å². The highest BCUT2D eigenvalue weighted by Crippen LogP contribution is 2.18. The summed E-state index contributed by atoms with van der Waals surface area (Å²) in [5.74, 6) is -1.83. The van der Waals surface area contributed by atoms with Crippen molar-refractivity contribution in [2.45, 2.75) is 44.9 Å². The van der Waals surface area contributed by atoms with Crippen molar-refractivity contribution in [2.75, 3.05) is 13.1 Å². The van der Waals surface area contributed by atoms with Gasteiger partial charge in [-0.15, -0.1) is 0 Å². The molecule has 20 heavy (non-hydrogen) atoms. The molecule has 8 nitrogen and oxygen atoms in total. The van der Waals surface area contributed by atoms with Crippen molar-refractivity contribution in [3.63, 3.8) is 0 Å². The molecule has 2 atom stereocenters. The van der Waals surface area contributed by atoms with Crippen LogP contribution in [0, 0.1) is 0 Å². The van der Waals surface area contributed by atoms with Gasteiger partial charge in [-0.05, 0) is 27.2 Å². The van der Waals surface area contributed by atoms with Crippen LogP contribution < -0.4 is 5.32 Å². The molecule has 2 amide bonds. The van der Waals surface area contributed by atoms with Gasteiger partial charge in [0.1, 0.15) is 12.1 Å². The van der Waals surface area contributed by atoms with Gasteiger partial charge in [0.2, 0.25) is 5.91 Å². The first kappa shape index (κ1) is 16.2. The van der Waals surface area contributed by atoms with Crippen molar-refractivity contribution < 1.29 is 29.3 Å². The van der Waals surface area contributed by atoms with Gasteiger partial charge in [0.25, 0.3) is 0 Å². The lowest BCUT2D eigenvalue weighted by atomic mass is 10.2. The van der Waals surface area contributed by atoms with Crippen molar-refractivity contribution >= 4 is 18.0 Å². The molecule has 0 radical (unpaired) electrons. The Labute approximate surface area is 116 Å². The van der Waals surface area contributed by atoms with Gasteiger partial charge in [0.15, 0.2) is 6.04 Å². The van der Waals surface area contributed by atoms with E-state index in [0.29, 0.717) is 0 Å². The highest BCUT2D eigenvalue weighted by atomic mass is 16.6. The molecule has 8 heteroatoms. The summed E-state index contributed by atoms with van der Waals surface area (Å²) < 4.78 is 4.96. The Hall–Kier alpha value is -1.83. The van der Waals surface area contributed by atoms with E-state index in [1.807, 2.05) is 0 Å². The van der Waals surface area contributed by atoms with Gasteiger partial charge in [0, 0.05) is 6.54 Å². The van der Waals surface area contributed by atoms with Gasteiger partial charge >= 0.3 is 12.1 Å². The standard InChI is InChI=1S/C12H20N2O6/c1-12(2,3)20-11(19)13-6-8(16)14-5-4-7(15)9(14)10(17)18/h7,9,15H,4-6H2,1-3H3,(H,13,19)(H,17,18)/t7-,9+/m1/s1. The van der Waals surface area contributed by atoms with Gasteiger partial charge in [-0.2, -0.15) is 0 Å². The number of alkyl carbamates (subject to hydrolysis) is 1. The van der Waals surface area contributed by atoms with Crippen molar-refractivity contribution in [3.05, 3.63) is 0 Å². The van der Waals surface area contributed by atoms with Gasteiger partial charge in [-0.3, -0.25) is 4.79 Å². The maximum absolute atomic E-state index is 11.9. The Morgan fingerprint density at radius 3 is 2.45 bits per heavy atom. The second-order valence-corrected chi connectivity index (χ2v) is 5.58. The molecule has 0 aromatic carbocycles. The average Bonchev–Trinajstić information content (AvgIpc) is 2.65. The zero-order chi connectivity index (χ0) is 15.5. The number of carbonyl (C=O) groups is 3. The van der Waals surface area contributed by atoms with E-state index in [9.17, 15) is 19.5 Å². The highest BCUT2D eigenvalue weighted by Gasteiger charge is 2.40. The number of aliphatic hydroxyl groups excluding tert-OH is 1. The number of aliphatic hydroxyl groups is 1. The Morgan fingerprint density at radius 1 is 1.35 bits per heavy atom. The summed E-state index contributed by atoms with van der Waals surface area (Å²) in [6.07, 6.45) is -1.63. The number of ether oxygens (including phenoxy) is 1. The summed E-state index contributed by atoms with van der Waals surface area (Å²) in [5, 5.41) is 20.8. The number of nitrogens with zero attached hydrogens (tertiary/aromatic N) is 1. The van der Waals surface area contributed by atoms with E-state index < -0.39 is 35.7 Å². The number of amides is 2. The number of carboxylic acids is 1. The zero-order valence-electron chi connectivity index (χ0n) is 11.8. The van der Waals surface area contributed by atoms with E-state index >= 15 is 0 Å². The Balaban J connectivity index is 2.51. The quantitative estimate of drug-likeness (QED) is 0.648. The highest BCUT2D eigenvalue weighted by molar-refractivity contribution is 5.87. The van der Waals surface area contributed by atoms with Crippen LogP contribution in [0.4, 0.5) is 4.79 Å². The topological polar surface area (TPSA) is 116 Å². The number of carbonyl (C=O) groups excluding carboxylic acids is 2. The third-order valence-electron chi connectivity index (χ3n) is 2.72. The van der Waals surface area contributed by atoms with Crippen molar-refractivity contribution in [2.24, 2.45) is 0 Å². The number of carboxylic acid groups (broad SMARTS) is 1. The van der Waals surface area contributed by atoms with Crippen LogP contribution in [0.25, 0.3) is 0 Å². The Morgan fingerprint density at radius 2 is 1.95 bits per heavy atom. The number of aliphatic carboxylic acids is 1. The molecular formula is C12H20N2O6. The molecule has 0 aliphatic carbocycles. The van der Waals surface area contributed by atoms with E-state index in [2.05, 4.69) is 5.32 Å². The average molecular weight is 288 g/mol. The maximum Gasteiger partial charge on any atom is 0.408 e. The molecule has 0 unspecified atom stereocenters. The van der Waals surface area contributed by atoms with Crippen LogP contribution in [-0.2, 0) is 14.3 Å². The van der Waals surface area contributed by atoms with Crippen molar-refractivity contribution in [1.29, 1.82) is 0 Å². The Bertz CT molecular complexity index is 403. The van der Waals surface area contributed by atoms with Gasteiger partial charge in [0.05, 0.1) is 6.10 Å². The minimum Gasteiger partial charge on any atom is -0.480 e. The van der Waals surface area contributed by atoms with E-state index in [-0.39, 0.29) is 19.5 Å². The lowest BCUT2D eigenvalue weighted by Crippen LogP contribution is -2.48. The predicted octanol–water partition coefficient (Wildman–Crippen LogP) is -0.442. The van der Waals surface area contributed by atoms with E-state index in [1.165, 1.54) is 0 Å². The number of hydrogen-bond acceptors (Lipinski definition) is 5. The second-order valence-electron chi connectivity index (χ2n) is 5.58. The third-order valence-corrected chi connectivity index (χ3v) is 2.72. The van der Waals surface area contributed by atoms with Gasteiger partial charge in [-0.25, -0.2) is 9.59 Å². The summed E-state index contributed by atoms with van der Waals surface area (Å²) in [7, 11) is 0. The lowest BCUT2D eigenvalue weighted by Gasteiger charge is -2.23. The summed E-state index contributed by atoms with van der Waals surface area (Å²) in [6, 6.07) is -1.26. The summed E-state index contributed by atoms with van der Waals surface area (Å²) >= 11 is 0. The number of nitrogens with one attached hydrogen (secondary N) is 1. The fourth-order valence-electron chi connectivity index (χ4n) is 1.92. The van der Waals surface area contributed by atoms with Crippen LogP contribution in [0.15, 0.2) is 0 Å². The normalized spacial score (nSPS) is 22.5. The monoisotopic (exact) mass is 288 g/mol. The van der Waals surface area contributed by atoms with E-state index in [4.69, 9.17) is 9.84 Å². The lowest BCUT2D eigenvalue weighted by molar-refractivity contribution is -0.150. The van der Waals surface area contributed by atoms with E-state index in [1.54, 1.807) is 20.8 Å². The SMILES string of the molecule is CC(C)(C)OC(=O)NCC(=O)N1CC[C@@H](O)[C@H]1C(=O)O. The van der Waals surface area contributed by atoms with Gasteiger partial charge < -0.3 is 25.2 Å². The molecule has 0 aromatic heterocycles. The molecule has 1 saturated heterocycles.